The van der Waals surface area contributed by atoms with E-state index in [4.69, 9.17) is 9.47 Å². The molecular weight excluding hydrogens is 412 g/mol. The first-order valence-electron chi connectivity index (χ1n) is 12.7. The molecular formula is C28H38N2O3. The van der Waals surface area contributed by atoms with Gasteiger partial charge in [0.05, 0.1) is 13.7 Å². The maximum Gasteiger partial charge on any atom is 0.118 e. The Morgan fingerprint density at radius 2 is 1.61 bits per heavy atom. The summed E-state index contributed by atoms with van der Waals surface area (Å²) in [5.74, 6) is 2.04. The highest BCUT2D eigenvalue weighted by molar-refractivity contribution is 5.64. The van der Waals surface area contributed by atoms with E-state index in [2.05, 4.69) is 46.2 Å². The summed E-state index contributed by atoms with van der Waals surface area (Å²) in [4.78, 5) is 5.29. The Bertz CT molecular complexity index is 879. The minimum absolute atomic E-state index is 0.237. The predicted molar refractivity (Wildman–Crippen MR) is 132 cm³/mol. The van der Waals surface area contributed by atoms with Gasteiger partial charge in [-0.3, -0.25) is 4.90 Å². The highest BCUT2D eigenvalue weighted by Crippen LogP contribution is 2.42. The number of benzene rings is 2. The summed E-state index contributed by atoms with van der Waals surface area (Å²) in [7, 11) is 1.70. The normalized spacial score (nSPS) is 27.3. The molecule has 178 valence electrons. The van der Waals surface area contributed by atoms with E-state index in [1.165, 1.54) is 55.5 Å². The summed E-state index contributed by atoms with van der Waals surface area (Å²) in [5.41, 5.74) is 3.78. The van der Waals surface area contributed by atoms with Crippen LogP contribution in [-0.4, -0.2) is 80.1 Å². The zero-order valence-electron chi connectivity index (χ0n) is 19.9. The fourth-order valence-corrected chi connectivity index (χ4v) is 6.15. The van der Waals surface area contributed by atoms with Gasteiger partial charge >= 0.3 is 0 Å². The molecule has 0 saturated carbocycles. The van der Waals surface area contributed by atoms with Crippen molar-refractivity contribution >= 4 is 0 Å². The number of nitrogens with zero attached hydrogens (tertiary/aromatic N) is 2. The van der Waals surface area contributed by atoms with Gasteiger partial charge in [-0.25, -0.2) is 0 Å². The number of rotatable bonds is 6. The second-order valence-corrected chi connectivity index (χ2v) is 9.95. The monoisotopic (exact) mass is 450 g/mol. The van der Waals surface area contributed by atoms with Gasteiger partial charge in [0.15, 0.2) is 0 Å². The van der Waals surface area contributed by atoms with Crippen LogP contribution in [0.5, 0.6) is 5.75 Å². The quantitative estimate of drug-likeness (QED) is 0.720. The molecule has 0 bridgehead atoms. The maximum atomic E-state index is 10.2. The van der Waals surface area contributed by atoms with Crippen LogP contribution in [0.4, 0.5) is 0 Å². The lowest BCUT2D eigenvalue weighted by molar-refractivity contribution is -0.0677. The molecule has 3 aliphatic rings. The summed E-state index contributed by atoms with van der Waals surface area (Å²) in [6.45, 7) is 6.70. The Morgan fingerprint density at radius 3 is 2.27 bits per heavy atom. The second-order valence-electron chi connectivity index (χ2n) is 9.95. The number of methoxy groups -OCH3 is 1. The van der Waals surface area contributed by atoms with Crippen LogP contribution in [-0.2, 0) is 4.74 Å². The molecule has 3 heterocycles. The summed E-state index contributed by atoms with van der Waals surface area (Å²) < 4.78 is 10.9. The van der Waals surface area contributed by atoms with Gasteiger partial charge in [0.2, 0.25) is 0 Å². The molecule has 3 aliphatic heterocycles. The van der Waals surface area contributed by atoms with Crippen molar-refractivity contribution in [3.63, 3.8) is 0 Å². The van der Waals surface area contributed by atoms with E-state index in [-0.39, 0.29) is 12.6 Å². The minimum atomic E-state index is 0.237. The van der Waals surface area contributed by atoms with Crippen molar-refractivity contribution in [2.75, 3.05) is 53.1 Å². The van der Waals surface area contributed by atoms with E-state index < -0.39 is 0 Å². The summed E-state index contributed by atoms with van der Waals surface area (Å²) in [5, 5.41) is 10.2. The molecule has 0 aromatic heterocycles. The van der Waals surface area contributed by atoms with E-state index in [9.17, 15) is 5.11 Å². The molecule has 0 radical (unpaired) electrons. The lowest BCUT2D eigenvalue weighted by Crippen LogP contribution is -2.67. The summed E-state index contributed by atoms with van der Waals surface area (Å²) in [6.07, 6.45) is 4.87. The fourth-order valence-electron chi connectivity index (χ4n) is 6.15. The number of hydrogen-bond acceptors (Lipinski definition) is 5. The van der Waals surface area contributed by atoms with Crippen LogP contribution in [0.2, 0.25) is 0 Å². The standard InChI is InChI=1S/C28H38N2O3/c1-32-25-10-8-23(9-11-25)22-4-6-24(7-5-22)28-26-19-29(18-21-12-16-33-17-13-21)14-2-3-15-30(26)27(28)20-31/h4-11,21,26-28,31H,2-3,12-20H2,1H3/t26-,27-,28+/m1/s1. The van der Waals surface area contributed by atoms with Crippen molar-refractivity contribution in [3.05, 3.63) is 54.1 Å². The fraction of sp³-hybridized carbons (Fsp3) is 0.571. The lowest BCUT2D eigenvalue weighted by atomic mass is 9.74. The molecule has 3 fully saturated rings. The highest BCUT2D eigenvalue weighted by atomic mass is 16.5. The maximum absolute atomic E-state index is 10.2. The molecule has 0 amide bonds. The van der Waals surface area contributed by atoms with Gasteiger partial charge in [0, 0.05) is 44.3 Å². The van der Waals surface area contributed by atoms with Gasteiger partial charge in [-0.2, -0.15) is 0 Å². The van der Waals surface area contributed by atoms with Gasteiger partial charge in [0.25, 0.3) is 0 Å². The van der Waals surface area contributed by atoms with Crippen LogP contribution < -0.4 is 4.74 Å². The molecule has 33 heavy (non-hydrogen) atoms. The Balaban J connectivity index is 1.31. The lowest BCUT2D eigenvalue weighted by Gasteiger charge is -2.57. The SMILES string of the molecule is COc1ccc(-c2ccc([C@@H]3[C@@H](CO)N4CCCCN(CC5CCOCC5)C[C@H]34)cc2)cc1. The average molecular weight is 451 g/mol. The topological polar surface area (TPSA) is 45.2 Å². The van der Waals surface area contributed by atoms with Gasteiger partial charge in [-0.05, 0) is 73.5 Å². The van der Waals surface area contributed by atoms with Crippen LogP contribution in [0.1, 0.15) is 37.2 Å². The van der Waals surface area contributed by atoms with E-state index in [1.54, 1.807) is 7.11 Å². The molecule has 5 nitrogen and oxygen atoms in total. The van der Waals surface area contributed by atoms with E-state index in [0.717, 1.165) is 38.0 Å². The van der Waals surface area contributed by atoms with Crippen LogP contribution in [0.25, 0.3) is 11.1 Å². The first-order chi connectivity index (χ1) is 16.3. The van der Waals surface area contributed by atoms with Crippen molar-refractivity contribution in [2.24, 2.45) is 5.92 Å². The van der Waals surface area contributed by atoms with Crippen molar-refractivity contribution in [1.29, 1.82) is 0 Å². The second kappa shape index (κ2) is 10.6. The number of aliphatic hydroxyl groups is 1. The zero-order chi connectivity index (χ0) is 22.6. The molecule has 0 spiro atoms. The third kappa shape index (κ3) is 4.97. The van der Waals surface area contributed by atoms with Gasteiger partial charge in [-0.1, -0.05) is 36.4 Å². The highest BCUT2D eigenvalue weighted by Gasteiger charge is 2.49. The third-order valence-corrected chi connectivity index (χ3v) is 8.03. The van der Waals surface area contributed by atoms with Gasteiger partial charge in [0.1, 0.15) is 5.75 Å². The zero-order valence-corrected chi connectivity index (χ0v) is 19.9. The molecule has 0 unspecified atom stereocenters. The number of aliphatic hydroxyl groups excluding tert-OH is 1. The van der Waals surface area contributed by atoms with Crippen LogP contribution >= 0.6 is 0 Å². The molecule has 5 rings (SSSR count). The van der Waals surface area contributed by atoms with Crippen LogP contribution in [0.15, 0.2) is 48.5 Å². The van der Waals surface area contributed by atoms with Crippen molar-refractivity contribution in [3.8, 4) is 16.9 Å². The summed E-state index contributed by atoms with van der Waals surface area (Å²) >= 11 is 0. The van der Waals surface area contributed by atoms with Crippen LogP contribution in [0.3, 0.4) is 0 Å². The first kappa shape index (κ1) is 22.9. The predicted octanol–water partition coefficient (Wildman–Crippen LogP) is 4.01. The Kier molecular flexibility index (Phi) is 7.31. The van der Waals surface area contributed by atoms with E-state index in [1.807, 2.05) is 12.1 Å². The summed E-state index contributed by atoms with van der Waals surface area (Å²) in [6, 6.07) is 18.0. The smallest absolute Gasteiger partial charge is 0.118 e. The minimum Gasteiger partial charge on any atom is -0.497 e. The van der Waals surface area contributed by atoms with Crippen molar-refractivity contribution < 1.29 is 14.6 Å². The largest absolute Gasteiger partial charge is 0.497 e. The molecule has 0 aliphatic carbocycles. The number of hydrogen-bond donors (Lipinski definition) is 1. The third-order valence-electron chi connectivity index (χ3n) is 8.03. The Hall–Kier alpha value is -1.92. The number of ether oxygens (including phenoxy) is 2. The molecule has 3 saturated heterocycles. The van der Waals surface area contributed by atoms with E-state index >= 15 is 0 Å². The van der Waals surface area contributed by atoms with E-state index in [0.29, 0.717) is 12.0 Å². The first-order valence-corrected chi connectivity index (χ1v) is 12.7. The van der Waals surface area contributed by atoms with Gasteiger partial charge < -0.3 is 19.5 Å². The number of fused-ring (bicyclic) bond motifs is 1. The van der Waals surface area contributed by atoms with Gasteiger partial charge in [-0.15, -0.1) is 0 Å². The molecule has 2 aromatic rings. The van der Waals surface area contributed by atoms with Crippen molar-refractivity contribution in [2.45, 2.75) is 43.7 Å². The Morgan fingerprint density at radius 1 is 0.939 bits per heavy atom. The molecule has 2 aromatic carbocycles. The van der Waals surface area contributed by atoms with Crippen molar-refractivity contribution in [1.82, 2.24) is 9.80 Å². The van der Waals surface area contributed by atoms with Crippen LogP contribution in [0, 0.1) is 5.92 Å². The molecule has 3 atom stereocenters. The molecule has 1 N–H and O–H groups in total. The average Bonchev–Trinajstić information content (AvgIpc) is 2.85. The molecule has 5 heteroatoms. The Labute approximate surface area is 198 Å².